The topological polar surface area (TPSA) is 97.8 Å². The summed E-state index contributed by atoms with van der Waals surface area (Å²) in [7, 11) is 3.30. The molecule has 2 heterocycles. The number of aliphatic hydroxyl groups excluding tert-OH is 1. The van der Waals surface area contributed by atoms with Crippen LogP contribution in [0.25, 0.3) is 0 Å². The van der Waals surface area contributed by atoms with Crippen LogP contribution >= 0.6 is 12.2 Å². The molecule has 0 unspecified atom stereocenters. The number of ether oxygens (including phenoxy) is 3. The third kappa shape index (κ3) is 6.98. The summed E-state index contributed by atoms with van der Waals surface area (Å²) in [5.74, 6) is 2.58. The molecule has 2 aromatic heterocycles. The van der Waals surface area contributed by atoms with E-state index in [1.807, 2.05) is 84.9 Å². The lowest BCUT2D eigenvalue weighted by Gasteiger charge is -2.36. The molecular weight excluding hydrogens is 560 g/mol. The number of aliphatic hydroxyl groups is 1. The van der Waals surface area contributed by atoms with Gasteiger partial charge in [0.25, 0.3) is 0 Å². The summed E-state index contributed by atoms with van der Waals surface area (Å²) in [5, 5.41) is 15.8. The van der Waals surface area contributed by atoms with Crippen LogP contribution in [-0.4, -0.2) is 34.4 Å². The molecule has 0 saturated heterocycles. The Kier molecular flexibility index (Phi) is 9.58. The van der Waals surface area contributed by atoms with Gasteiger partial charge in [-0.05, 0) is 77.4 Å². The predicted octanol–water partition coefficient (Wildman–Crippen LogP) is 6.30. The van der Waals surface area contributed by atoms with E-state index >= 15 is 0 Å². The quantitative estimate of drug-likeness (QED) is 0.121. The first-order valence-electron chi connectivity index (χ1n) is 13.6. The molecule has 0 radical (unpaired) electrons. The van der Waals surface area contributed by atoms with Gasteiger partial charge in [0.2, 0.25) is 0 Å². The molecule has 0 fully saturated rings. The van der Waals surface area contributed by atoms with Crippen molar-refractivity contribution >= 4 is 29.0 Å². The summed E-state index contributed by atoms with van der Waals surface area (Å²) in [5.41, 5.74) is 3.10. The number of thiocarbonyl (C=S) groups is 1. The van der Waals surface area contributed by atoms with Crippen LogP contribution in [0, 0.1) is 0 Å². The molecule has 9 heteroatoms. The molecule has 3 N–H and O–H groups in total. The highest BCUT2D eigenvalue weighted by Gasteiger charge is 2.38. The minimum Gasteiger partial charge on any atom is -0.497 e. The average Bonchev–Trinajstić information content (AvgIpc) is 3.06. The fraction of sp³-hybridized carbons (Fsp3) is 0.147. The highest BCUT2D eigenvalue weighted by molar-refractivity contribution is 7.80. The van der Waals surface area contributed by atoms with Gasteiger partial charge in [0.15, 0.2) is 5.11 Å². The van der Waals surface area contributed by atoms with E-state index in [4.69, 9.17) is 31.4 Å². The zero-order valence-electron chi connectivity index (χ0n) is 23.9. The van der Waals surface area contributed by atoms with Gasteiger partial charge in [-0.25, -0.2) is 9.97 Å². The zero-order chi connectivity index (χ0) is 30.1. The molecule has 3 aromatic carbocycles. The molecule has 5 aromatic rings. The van der Waals surface area contributed by atoms with Crippen LogP contribution in [0.5, 0.6) is 11.5 Å². The Bertz CT molecular complexity index is 1600. The van der Waals surface area contributed by atoms with Crippen molar-refractivity contribution in [2.24, 2.45) is 0 Å². The maximum absolute atomic E-state index is 9.36. The van der Waals surface area contributed by atoms with E-state index in [0.717, 1.165) is 28.2 Å². The van der Waals surface area contributed by atoms with E-state index in [0.29, 0.717) is 28.1 Å². The van der Waals surface area contributed by atoms with Crippen LogP contribution < -0.4 is 20.1 Å². The van der Waals surface area contributed by atoms with Crippen LogP contribution in [0.15, 0.2) is 115 Å². The van der Waals surface area contributed by atoms with Crippen LogP contribution in [0.3, 0.4) is 0 Å². The van der Waals surface area contributed by atoms with Crippen molar-refractivity contribution < 1.29 is 19.3 Å². The largest absolute Gasteiger partial charge is 0.497 e. The van der Waals surface area contributed by atoms with Crippen LogP contribution in [0.2, 0.25) is 0 Å². The highest BCUT2D eigenvalue weighted by Crippen LogP contribution is 2.42. The van der Waals surface area contributed by atoms with Crippen molar-refractivity contribution in [3.8, 4) is 11.5 Å². The molecule has 8 nitrogen and oxygen atoms in total. The van der Waals surface area contributed by atoms with Gasteiger partial charge in [0.05, 0.1) is 38.8 Å². The molecule has 0 spiro atoms. The summed E-state index contributed by atoms with van der Waals surface area (Å²) >= 11 is 5.48. The Labute approximate surface area is 256 Å². The zero-order valence-corrected chi connectivity index (χ0v) is 24.7. The number of hydrogen-bond acceptors (Lipinski definition) is 7. The van der Waals surface area contributed by atoms with Gasteiger partial charge < -0.3 is 30.0 Å². The second kappa shape index (κ2) is 13.9. The van der Waals surface area contributed by atoms with Gasteiger partial charge in [-0.2, -0.15) is 0 Å². The van der Waals surface area contributed by atoms with Crippen molar-refractivity contribution in [1.82, 2.24) is 9.97 Å². The lowest BCUT2D eigenvalue weighted by atomic mass is 9.80. The Morgan fingerprint density at radius 1 is 0.651 bits per heavy atom. The molecule has 0 aliphatic carbocycles. The molecule has 0 saturated carbocycles. The number of hydrogen-bond donors (Lipinski definition) is 3. The second-order valence-corrected chi connectivity index (χ2v) is 9.97. The Morgan fingerprint density at radius 2 is 1.14 bits per heavy atom. The number of nitrogens with zero attached hydrogens (tertiary/aromatic N) is 2. The molecule has 0 bridgehead atoms. The van der Waals surface area contributed by atoms with Crippen LogP contribution in [0.4, 0.5) is 11.6 Å². The maximum Gasteiger partial charge on any atom is 0.177 e. The SMILES string of the molecule is COc1ccc(C(OCc2cccc(NC(=S)Nc3cccc(CO)n3)n2)(c2ccccc2)c2ccc(OC)cc2)cc1. The van der Waals surface area contributed by atoms with E-state index in [-0.39, 0.29) is 13.2 Å². The summed E-state index contributed by atoms with van der Waals surface area (Å²) in [6.45, 7) is 0.0413. The molecule has 0 atom stereocenters. The Hall–Kier alpha value is -4.83. The highest BCUT2D eigenvalue weighted by atomic mass is 32.1. The van der Waals surface area contributed by atoms with Gasteiger partial charge in [-0.15, -0.1) is 0 Å². The van der Waals surface area contributed by atoms with E-state index in [1.165, 1.54) is 0 Å². The summed E-state index contributed by atoms with van der Waals surface area (Å²) in [4.78, 5) is 9.07. The molecular formula is C34H32N4O4S. The van der Waals surface area contributed by atoms with Crippen LogP contribution in [0.1, 0.15) is 28.1 Å². The maximum atomic E-state index is 9.36. The standard InChI is InChI=1S/C34H32N4O4S/c1-40-29-18-14-25(15-19-29)34(24-8-4-3-5-9-24,26-16-20-30(41-2)21-17-26)42-23-28-11-7-13-32(36-28)38-33(43)37-31-12-6-10-27(22-39)35-31/h3-21,39H,22-23H2,1-2H3,(H2,35,36,37,38,43). The average molecular weight is 593 g/mol. The van der Waals surface area contributed by atoms with Gasteiger partial charge >= 0.3 is 0 Å². The van der Waals surface area contributed by atoms with Gasteiger partial charge in [-0.1, -0.05) is 66.7 Å². The monoisotopic (exact) mass is 592 g/mol. The van der Waals surface area contributed by atoms with E-state index < -0.39 is 5.60 Å². The molecule has 0 aliphatic rings. The minimum atomic E-state index is -0.967. The second-order valence-electron chi connectivity index (χ2n) is 9.56. The summed E-state index contributed by atoms with van der Waals surface area (Å²) < 4.78 is 17.8. The number of anilines is 2. The Morgan fingerprint density at radius 3 is 1.65 bits per heavy atom. The predicted molar refractivity (Wildman–Crippen MR) is 171 cm³/mol. The summed E-state index contributed by atoms with van der Waals surface area (Å²) in [6.07, 6.45) is 0. The van der Waals surface area contributed by atoms with Crippen molar-refractivity contribution in [1.29, 1.82) is 0 Å². The number of rotatable bonds is 11. The first-order valence-corrected chi connectivity index (χ1v) is 14.0. The first kappa shape index (κ1) is 29.7. The summed E-state index contributed by atoms with van der Waals surface area (Å²) in [6, 6.07) is 36.8. The number of nitrogens with one attached hydrogen (secondary N) is 2. The third-order valence-electron chi connectivity index (χ3n) is 6.87. The fourth-order valence-electron chi connectivity index (χ4n) is 4.79. The first-order chi connectivity index (χ1) is 21.0. The van der Waals surface area contributed by atoms with Crippen molar-refractivity contribution in [2.45, 2.75) is 18.8 Å². The Balaban J connectivity index is 1.45. The number of pyridine rings is 2. The normalized spacial score (nSPS) is 11.0. The lowest BCUT2D eigenvalue weighted by molar-refractivity contribution is -0.00139. The van der Waals surface area contributed by atoms with Crippen molar-refractivity contribution in [3.05, 3.63) is 143 Å². The van der Waals surface area contributed by atoms with Crippen molar-refractivity contribution in [2.75, 3.05) is 24.9 Å². The number of aromatic nitrogens is 2. The lowest BCUT2D eigenvalue weighted by Crippen LogP contribution is -2.33. The molecule has 5 rings (SSSR count). The third-order valence-corrected chi connectivity index (χ3v) is 7.07. The number of methoxy groups -OCH3 is 2. The van der Waals surface area contributed by atoms with Gasteiger partial charge in [0.1, 0.15) is 28.7 Å². The number of benzene rings is 3. The molecule has 0 amide bonds. The molecule has 43 heavy (non-hydrogen) atoms. The van der Waals surface area contributed by atoms with E-state index in [9.17, 15) is 5.11 Å². The van der Waals surface area contributed by atoms with Gasteiger partial charge in [0, 0.05) is 0 Å². The van der Waals surface area contributed by atoms with E-state index in [2.05, 4.69) is 27.8 Å². The van der Waals surface area contributed by atoms with Gasteiger partial charge in [-0.3, -0.25) is 0 Å². The van der Waals surface area contributed by atoms with E-state index in [1.54, 1.807) is 32.4 Å². The van der Waals surface area contributed by atoms with Crippen molar-refractivity contribution in [3.63, 3.8) is 0 Å². The molecule has 218 valence electrons. The fourth-order valence-corrected chi connectivity index (χ4v) is 5.00. The minimum absolute atomic E-state index is 0.156. The smallest absolute Gasteiger partial charge is 0.177 e. The molecule has 0 aliphatic heterocycles. The van der Waals surface area contributed by atoms with Crippen LogP contribution in [-0.2, 0) is 23.6 Å².